The zero-order valence-corrected chi connectivity index (χ0v) is 38.6. The third-order valence-corrected chi connectivity index (χ3v) is 12.1. The van der Waals surface area contributed by atoms with Crippen LogP contribution in [0.15, 0.2) is 96.0 Å². The quantitative estimate of drug-likeness (QED) is 0.0873. The number of carbonyl (C=O) groups excluding carboxylic acids is 5. The fraction of sp³-hybridized carbons (Fsp3) is 0.280. The van der Waals surface area contributed by atoms with Crippen LogP contribution in [0, 0.1) is 6.92 Å². The van der Waals surface area contributed by atoms with Crippen LogP contribution < -0.4 is 28.9 Å². The van der Waals surface area contributed by atoms with Crippen molar-refractivity contribution in [2.45, 2.75) is 70.7 Å². The van der Waals surface area contributed by atoms with Gasteiger partial charge < -0.3 is 28.6 Å². The Hall–Kier alpha value is -6.43. The van der Waals surface area contributed by atoms with Crippen molar-refractivity contribution >= 4 is 58.9 Å². The molecule has 0 unspecified atom stereocenters. The van der Waals surface area contributed by atoms with E-state index in [1.807, 2.05) is 72.5 Å². The molecule has 0 N–H and O–H groups in total. The van der Waals surface area contributed by atoms with E-state index in [0.29, 0.717) is 58.0 Å². The summed E-state index contributed by atoms with van der Waals surface area (Å²) in [5, 5.41) is 0. The predicted molar refractivity (Wildman–Crippen MR) is 237 cm³/mol. The third kappa shape index (κ3) is 8.37. The Morgan fingerprint density at radius 3 is 2.14 bits per heavy atom. The molecule has 4 aliphatic heterocycles. The van der Waals surface area contributed by atoms with E-state index < -0.39 is 18.2 Å². The molecule has 0 fully saturated rings. The molecule has 9 rings (SSSR count). The van der Waals surface area contributed by atoms with Gasteiger partial charge in [-0.1, -0.05) is 42.8 Å². The van der Waals surface area contributed by atoms with E-state index in [9.17, 15) is 24.0 Å². The van der Waals surface area contributed by atoms with Crippen LogP contribution in [0.4, 0.5) is 22.7 Å². The number of hydrogen-bond acceptors (Lipinski definition) is 10. The molecular weight excluding hydrogens is 984 g/mol. The first-order chi connectivity index (χ1) is 30.6. The van der Waals surface area contributed by atoms with E-state index in [2.05, 4.69) is 6.07 Å². The smallest absolute Gasteiger partial charge is 0.261 e. The van der Waals surface area contributed by atoms with Crippen molar-refractivity contribution in [3.05, 3.63) is 136 Å². The summed E-state index contributed by atoms with van der Waals surface area (Å²) in [5.41, 5.74) is 8.61. The fourth-order valence-corrected chi connectivity index (χ4v) is 9.13. The molecule has 0 aromatic heterocycles. The summed E-state index contributed by atoms with van der Waals surface area (Å²) in [6, 6.07) is 28.0. The number of aliphatic imine (C=N–C) groups is 1. The number of hydrogen-bond donors (Lipinski definition) is 0. The molecule has 2 atom stereocenters. The number of rotatable bonds is 13. The molecule has 64 heavy (non-hydrogen) atoms. The first-order valence-electron chi connectivity index (χ1n) is 21.0. The molecule has 4 aliphatic rings. The Morgan fingerprint density at radius 2 is 1.44 bits per heavy atom. The molecule has 5 aromatic carbocycles. The second-order valence-corrected chi connectivity index (χ2v) is 16.1. The van der Waals surface area contributed by atoms with E-state index >= 15 is 0 Å². The molecule has 4 amide bonds. The normalized spacial score (nSPS) is 16.5. The van der Waals surface area contributed by atoms with E-state index in [-0.39, 0.29) is 76.9 Å². The molecule has 14 heteroatoms. The number of anilines is 3. The van der Waals surface area contributed by atoms with Crippen LogP contribution in [0.5, 0.6) is 17.2 Å². The van der Waals surface area contributed by atoms with Gasteiger partial charge in [-0.15, -0.1) is 0 Å². The van der Waals surface area contributed by atoms with Gasteiger partial charge >= 0.3 is 0 Å². The van der Waals surface area contributed by atoms with Crippen LogP contribution in [0.25, 0.3) is 0 Å². The van der Waals surface area contributed by atoms with Crippen LogP contribution in [-0.2, 0) is 72.7 Å². The van der Waals surface area contributed by atoms with Crippen LogP contribution in [-0.4, -0.2) is 69.0 Å². The summed E-state index contributed by atoms with van der Waals surface area (Å²) in [6.45, 7) is 1.94. The number of nitrogens with zero attached hydrogens (tertiary/aromatic N) is 4. The molecule has 326 valence electrons. The van der Waals surface area contributed by atoms with Gasteiger partial charge in [0.15, 0.2) is 11.5 Å². The largest absolute Gasteiger partial charge is 0.541 e. The van der Waals surface area contributed by atoms with Crippen molar-refractivity contribution in [2.75, 3.05) is 35.5 Å². The summed E-state index contributed by atoms with van der Waals surface area (Å²) >= 11 is 0. The van der Waals surface area contributed by atoms with E-state index in [4.69, 9.17) is 23.9 Å². The van der Waals surface area contributed by atoms with Gasteiger partial charge in [0.2, 0.25) is 11.8 Å². The Balaban J connectivity index is 0.00000560. The van der Waals surface area contributed by atoms with Crippen molar-refractivity contribution in [1.82, 2.24) is 0 Å². The molecule has 0 saturated carbocycles. The maximum absolute atomic E-state index is 14.0. The van der Waals surface area contributed by atoms with Gasteiger partial charge in [0.25, 0.3) is 11.8 Å². The number of imide groups is 1. The summed E-state index contributed by atoms with van der Waals surface area (Å²) in [7, 11) is 2.94. The van der Waals surface area contributed by atoms with Gasteiger partial charge in [-0.3, -0.25) is 40.3 Å². The Bertz CT molecular complexity index is 2720. The Kier molecular flexibility index (Phi) is 12.9. The average Bonchev–Trinajstić information content (AvgIpc) is 3.78. The second-order valence-electron chi connectivity index (χ2n) is 16.1. The van der Waals surface area contributed by atoms with Gasteiger partial charge in [0.05, 0.1) is 43.1 Å². The van der Waals surface area contributed by atoms with Crippen LogP contribution in [0.1, 0.15) is 73.4 Å². The molecule has 0 bridgehead atoms. The Morgan fingerprint density at radius 1 is 0.766 bits per heavy atom. The zero-order valence-electron chi connectivity index (χ0n) is 35.6. The van der Waals surface area contributed by atoms with Gasteiger partial charge in [0.1, 0.15) is 19.0 Å². The van der Waals surface area contributed by atoms with Crippen molar-refractivity contribution in [3.63, 3.8) is 0 Å². The monoisotopic (exact) mass is 1030 g/mol. The van der Waals surface area contributed by atoms with Gasteiger partial charge in [-0.25, -0.2) is 0 Å². The maximum atomic E-state index is 14.0. The molecule has 0 spiro atoms. The van der Waals surface area contributed by atoms with Gasteiger partial charge in [-0.05, 0) is 108 Å². The number of aryl methyl sites for hydroxylation is 2. The SMILES string of the molecule is COCCC(=O)N(C(=O)C[C-]=O)c1cc(COc2cc3c(cc2C)C(=O)N2c4ccccc4C[C@H]2CC3)cc(COc2cc3c(cc2OC)C(=O)N2c4ccccc4C[C@H]2C=N3)c1.[W]. The predicted octanol–water partition coefficient (Wildman–Crippen LogP) is 7.36. The van der Waals surface area contributed by atoms with Crippen molar-refractivity contribution < 1.29 is 64.0 Å². The maximum Gasteiger partial charge on any atom is 0.261 e. The zero-order chi connectivity index (χ0) is 43.8. The Labute approximate surface area is 385 Å². The van der Waals surface area contributed by atoms with Gasteiger partial charge in [-0.2, -0.15) is 0 Å². The van der Waals surface area contributed by atoms with E-state index in [1.165, 1.54) is 19.8 Å². The number of amides is 4. The summed E-state index contributed by atoms with van der Waals surface area (Å²) in [6.07, 6.45) is 5.65. The minimum atomic E-state index is -0.747. The van der Waals surface area contributed by atoms with Crippen LogP contribution >= 0.6 is 0 Å². The molecule has 0 aliphatic carbocycles. The van der Waals surface area contributed by atoms with E-state index in [1.54, 1.807) is 41.7 Å². The number of para-hydroxylation sites is 2. The van der Waals surface area contributed by atoms with Crippen LogP contribution in [0.3, 0.4) is 0 Å². The first kappa shape index (κ1) is 44.2. The minimum Gasteiger partial charge on any atom is -0.541 e. The number of carbonyl (C=O) groups is 4. The summed E-state index contributed by atoms with van der Waals surface area (Å²) in [5.74, 6) is -0.282. The molecule has 5 aromatic rings. The fourth-order valence-electron chi connectivity index (χ4n) is 9.13. The molecule has 0 radical (unpaired) electrons. The topological polar surface area (TPSA) is 144 Å². The number of methoxy groups -OCH3 is 2. The third-order valence-electron chi connectivity index (χ3n) is 12.1. The minimum absolute atomic E-state index is 0. The number of fused-ring (bicyclic) bond motifs is 8. The molecule has 4 heterocycles. The molecule has 13 nitrogen and oxygen atoms in total. The van der Waals surface area contributed by atoms with E-state index in [0.717, 1.165) is 45.8 Å². The molecular formula is C50H45N4O9W-. The van der Waals surface area contributed by atoms with Crippen molar-refractivity contribution in [2.24, 2.45) is 4.99 Å². The molecule has 0 saturated heterocycles. The van der Waals surface area contributed by atoms with Crippen molar-refractivity contribution in [1.29, 1.82) is 0 Å². The summed E-state index contributed by atoms with van der Waals surface area (Å²) < 4.78 is 23.7. The summed E-state index contributed by atoms with van der Waals surface area (Å²) in [4.78, 5) is 75.7. The second kappa shape index (κ2) is 18.7. The average molecular weight is 1030 g/mol. The van der Waals surface area contributed by atoms with Gasteiger partial charge in [0, 0.05) is 69.9 Å². The standard InChI is InChI=1S/C50H45N4O9.W/c1-30-18-39-33(12-13-36-22-34-8-4-6-10-42(34)52(36)49(39)58)24-44(30)62-28-31-19-32(21-37(20-31)54(47(56)14-16-55)48(57)15-17-60-2)29-63-46-26-41-40(25-45(46)61-3)50(59)53-38(27-51-41)23-35-9-5-7-11-43(35)53;/h4-11,18-21,24-27,36,38H,12-15,17,22-23,28-29H2,1-3H3;/q-1;/t36-,38+;/m1./s1. The first-order valence-corrected chi connectivity index (χ1v) is 21.0. The number of ether oxygens (including phenoxy) is 4. The number of benzene rings is 5. The van der Waals surface area contributed by atoms with Crippen molar-refractivity contribution in [3.8, 4) is 17.2 Å². The van der Waals surface area contributed by atoms with Crippen LogP contribution in [0.2, 0.25) is 0 Å².